The molecule has 0 amide bonds. The van der Waals surface area contributed by atoms with Gasteiger partial charge in [0.15, 0.2) is 0 Å². The van der Waals surface area contributed by atoms with Gasteiger partial charge in [-0.25, -0.2) is 4.39 Å². The first-order chi connectivity index (χ1) is 9.04. The van der Waals surface area contributed by atoms with Gasteiger partial charge in [-0.05, 0) is 18.1 Å². The van der Waals surface area contributed by atoms with E-state index >= 15 is 0 Å². The monoisotopic (exact) mass is 266 g/mol. The van der Waals surface area contributed by atoms with E-state index in [1.807, 2.05) is 13.8 Å². The number of aromatic hydroxyl groups is 1. The Labute approximate surface area is 110 Å². The lowest BCUT2D eigenvalue weighted by Crippen LogP contribution is -2.10. The third-order valence-corrected chi connectivity index (χ3v) is 2.76. The van der Waals surface area contributed by atoms with Crippen LogP contribution in [-0.4, -0.2) is 22.4 Å². The van der Waals surface area contributed by atoms with Crippen LogP contribution in [0.5, 0.6) is 5.75 Å². The van der Waals surface area contributed by atoms with Crippen molar-refractivity contribution in [2.24, 2.45) is 5.92 Å². The molecule has 1 N–H and O–H groups in total. The van der Waals surface area contributed by atoms with Gasteiger partial charge in [0.25, 0.3) is 5.89 Å². The number of methoxy groups -OCH3 is 1. The van der Waals surface area contributed by atoms with Crippen LogP contribution < -0.4 is 0 Å². The molecule has 1 unspecified atom stereocenters. The molecule has 19 heavy (non-hydrogen) atoms. The Morgan fingerprint density at radius 1 is 1.37 bits per heavy atom. The van der Waals surface area contributed by atoms with Crippen LogP contribution in [0, 0.1) is 11.7 Å². The van der Waals surface area contributed by atoms with E-state index in [0.29, 0.717) is 5.82 Å². The van der Waals surface area contributed by atoms with Crippen LogP contribution in [0.15, 0.2) is 22.7 Å². The average Bonchev–Trinajstić information content (AvgIpc) is 2.78. The van der Waals surface area contributed by atoms with Gasteiger partial charge < -0.3 is 14.4 Å². The van der Waals surface area contributed by atoms with Gasteiger partial charge in [0, 0.05) is 7.11 Å². The maximum absolute atomic E-state index is 13.7. The Morgan fingerprint density at radius 3 is 2.68 bits per heavy atom. The molecule has 0 aliphatic carbocycles. The zero-order valence-corrected chi connectivity index (χ0v) is 10.9. The molecule has 0 fully saturated rings. The van der Waals surface area contributed by atoms with Gasteiger partial charge in [-0.1, -0.05) is 25.1 Å². The number of hydrogen-bond donors (Lipinski definition) is 1. The SMILES string of the molecule is COC(c1noc(-c2c(O)cccc2F)n1)C(C)C. The first-order valence-corrected chi connectivity index (χ1v) is 5.88. The maximum Gasteiger partial charge on any atom is 0.264 e. The highest BCUT2D eigenvalue weighted by Crippen LogP contribution is 2.32. The smallest absolute Gasteiger partial charge is 0.264 e. The van der Waals surface area contributed by atoms with E-state index in [1.54, 1.807) is 7.11 Å². The predicted octanol–water partition coefficient (Wildman–Crippen LogP) is 2.92. The van der Waals surface area contributed by atoms with Crippen LogP contribution in [0.25, 0.3) is 11.5 Å². The minimum Gasteiger partial charge on any atom is -0.507 e. The summed E-state index contributed by atoms with van der Waals surface area (Å²) in [5.74, 6) is -0.449. The third-order valence-electron chi connectivity index (χ3n) is 2.76. The summed E-state index contributed by atoms with van der Waals surface area (Å²) in [4.78, 5) is 4.09. The van der Waals surface area contributed by atoms with E-state index < -0.39 is 5.82 Å². The summed E-state index contributed by atoms with van der Waals surface area (Å²) in [6.45, 7) is 3.90. The molecule has 2 aromatic rings. The highest BCUT2D eigenvalue weighted by atomic mass is 19.1. The van der Waals surface area contributed by atoms with Crippen molar-refractivity contribution in [3.63, 3.8) is 0 Å². The van der Waals surface area contributed by atoms with Crippen molar-refractivity contribution in [1.29, 1.82) is 0 Å². The van der Waals surface area contributed by atoms with Crippen molar-refractivity contribution in [3.8, 4) is 17.2 Å². The summed E-state index contributed by atoms with van der Waals surface area (Å²) < 4.78 is 23.9. The normalized spacial score (nSPS) is 12.9. The molecule has 5 nitrogen and oxygen atoms in total. The van der Waals surface area contributed by atoms with E-state index in [2.05, 4.69) is 10.1 Å². The number of rotatable bonds is 4. The van der Waals surface area contributed by atoms with Gasteiger partial charge in [0.2, 0.25) is 5.82 Å². The number of aromatic nitrogens is 2. The lowest BCUT2D eigenvalue weighted by Gasteiger charge is -2.14. The summed E-state index contributed by atoms with van der Waals surface area (Å²) in [7, 11) is 1.54. The molecule has 1 heterocycles. The number of hydrogen-bond acceptors (Lipinski definition) is 5. The Morgan fingerprint density at radius 2 is 2.11 bits per heavy atom. The highest BCUT2D eigenvalue weighted by Gasteiger charge is 2.24. The molecule has 0 bridgehead atoms. The summed E-state index contributed by atoms with van der Waals surface area (Å²) in [6, 6.07) is 3.98. The summed E-state index contributed by atoms with van der Waals surface area (Å²) in [5.41, 5.74) is -0.0974. The highest BCUT2D eigenvalue weighted by molar-refractivity contribution is 5.62. The van der Waals surface area contributed by atoms with Crippen molar-refractivity contribution >= 4 is 0 Å². The van der Waals surface area contributed by atoms with Gasteiger partial charge in [-0.2, -0.15) is 4.98 Å². The van der Waals surface area contributed by atoms with Gasteiger partial charge in [-0.3, -0.25) is 0 Å². The van der Waals surface area contributed by atoms with Crippen molar-refractivity contribution in [1.82, 2.24) is 10.1 Å². The quantitative estimate of drug-likeness (QED) is 0.921. The summed E-state index contributed by atoms with van der Waals surface area (Å²) in [5, 5.41) is 13.4. The number of phenols is 1. The van der Waals surface area contributed by atoms with Crippen LogP contribution >= 0.6 is 0 Å². The molecule has 2 rings (SSSR count). The molecular formula is C13H15FN2O3. The largest absolute Gasteiger partial charge is 0.507 e. The molecule has 0 saturated carbocycles. The average molecular weight is 266 g/mol. The number of phenolic OH excluding ortho intramolecular Hbond substituents is 1. The Kier molecular flexibility index (Phi) is 3.80. The molecule has 1 atom stereocenters. The molecule has 1 aromatic carbocycles. The van der Waals surface area contributed by atoms with Crippen LogP contribution in [0.4, 0.5) is 4.39 Å². The molecule has 0 radical (unpaired) electrons. The Hall–Kier alpha value is -1.95. The Bertz CT molecular complexity index is 549. The predicted molar refractivity (Wildman–Crippen MR) is 65.9 cm³/mol. The molecule has 1 aromatic heterocycles. The van der Waals surface area contributed by atoms with Crippen LogP contribution in [0.2, 0.25) is 0 Å². The molecule has 0 spiro atoms. The zero-order chi connectivity index (χ0) is 14.0. The topological polar surface area (TPSA) is 68.4 Å². The van der Waals surface area contributed by atoms with Gasteiger partial charge in [0.05, 0.1) is 0 Å². The maximum atomic E-state index is 13.7. The van der Waals surface area contributed by atoms with E-state index in [0.717, 1.165) is 0 Å². The minimum absolute atomic E-state index is 0.0618. The number of halogens is 1. The second-order valence-corrected chi connectivity index (χ2v) is 4.49. The van der Waals surface area contributed by atoms with Crippen molar-refractivity contribution in [2.75, 3.05) is 7.11 Å². The molecule has 0 saturated heterocycles. The van der Waals surface area contributed by atoms with Crippen molar-refractivity contribution in [3.05, 3.63) is 29.8 Å². The third kappa shape index (κ3) is 2.58. The summed E-state index contributed by atoms with van der Waals surface area (Å²) in [6.07, 6.45) is -0.341. The summed E-state index contributed by atoms with van der Waals surface area (Å²) >= 11 is 0. The second-order valence-electron chi connectivity index (χ2n) is 4.49. The Balaban J connectivity index is 2.41. The minimum atomic E-state index is -0.617. The van der Waals surface area contributed by atoms with Gasteiger partial charge >= 0.3 is 0 Å². The lowest BCUT2D eigenvalue weighted by molar-refractivity contribution is 0.0556. The number of benzene rings is 1. The second kappa shape index (κ2) is 5.36. The van der Waals surface area contributed by atoms with E-state index in [9.17, 15) is 9.50 Å². The molecule has 6 heteroatoms. The molecule has 0 aliphatic heterocycles. The van der Waals surface area contributed by atoms with Gasteiger partial charge in [0.1, 0.15) is 23.2 Å². The van der Waals surface area contributed by atoms with E-state index in [-0.39, 0.29) is 29.2 Å². The lowest BCUT2D eigenvalue weighted by atomic mass is 10.1. The van der Waals surface area contributed by atoms with Crippen molar-refractivity contribution < 1.29 is 18.8 Å². The standard InChI is InChI=1S/C13H15FN2O3/c1-7(2)11(18-3)12-15-13(19-16-12)10-8(14)5-4-6-9(10)17/h4-7,11,17H,1-3H3. The van der Waals surface area contributed by atoms with Crippen molar-refractivity contribution in [2.45, 2.75) is 20.0 Å². The fourth-order valence-corrected chi connectivity index (χ4v) is 1.85. The van der Waals surface area contributed by atoms with Crippen LogP contribution in [0.3, 0.4) is 0 Å². The van der Waals surface area contributed by atoms with Gasteiger partial charge in [-0.15, -0.1) is 0 Å². The number of nitrogens with zero attached hydrogens (tertiary/aromatic N) is 2. The molecule has 102 valence electrons. The fraction of sp³-hybridized carbons (Fsp3) is 0.385. The van der Waals surface area contributed by atoms with E-state index in [4.69, 9.17) is 9.26 Å². The first kappa shape index (κ1) is 13.5. The molecule has 0 aliphatic rings. The number of ether oxygens (including phenoxy) is 1. The van der Waals surface area contributed by atoms with Crippen LogP contribution in [-0.2, 0) is 4.74 Å². The van der Waals surface area contributed by atoms with E-state index in [1.165, 1.54) is 18.2 Å². The van der Waals surface area contributed by atoms with Crippen LogP contribution in [0.1, 0.15) is 25.8 Å². The molecular weight excluding hydrogens is 251 g/mol. The fourth-order valence-electron chi connectivity index (χ4n) is 1.85. The first-order valence-electron chi connectivity index (χ1n) is 5.88. The zero-order valence-electron chi connectivity index (χ0n) is 10.9.